The van der Waals surface area contributed by atoms with Crippen molar-refractivity contribution in [1.82, 2.24) is 14.5 Å². The molecular formula is C32H33Cl2N3O5S. The summed E-state index contributed by atoms with van der Waals surface area (Å²) in [6.45, 7) is -0.0580. The zero-order valence-electron chi connectivity index (χ0n) is 23.5. The van der Waals surface area contributed by atoms with Gasteiger partial charge in [-0.3, -0.25) is 14.4 Å². The summed E-state index contributed by atoms with van der Waals surface area (Å²) in [6.07, 6.45) is 4.19. The molecule has 226 valence electrons. The zero-order chi connectivity index (χ0) is 30.6. The van der Waals surface area contributed by atoms with Crippen LogP contribution in [-0.4, -0.2) is 54.0 Å². The van der Waals surface area contributed by atoms with Crippen molar-refractivity contribution in [2.45, 2.75) is 68.5 Å². The molecule has 0 bridgehead atoms. The molecule has 1 atom stereocenters. The predicted molar refractivity (Wildman–Crippen MR) is 165 cm³/mol. The van der Waals surface area contributed by atoms with Crippen LogP contribution in [0.25, 0.3) is 0 Å². The molecule has 1 fully saturated rings. The summed E-state index contributed by atoms with van der Waals surface area (Å²) in [4.78, 5) is 42.1. The Labute approximate surface area is 262 Å². The van der Waals surface area contributed by atoms with Crippen LogP contribution in [0.3, 0.4) is 0 Å². The van der Waals surface area contributed by atoms with E-state index in [4.69, 9.17) is 23.2 Å². The third-order valence-corrected chi connectivity index (χ3v) is 10.6. The van der Waals surface area contributed by atoms with Gasteiger partial charge in [0.05, 0.1) is 15.6 Å². The molecule has 0 aromatic heterocycles. The van der Waals surface area contributed by atoms with E-state index in [2.05, 4.69) is 5.32 Å². The molecule has 1 saturated carbocycles. The number of sulfonamides is 1. The largest absolute Gasteiger partial charge is 0.352 e. The SMILES string of the molecule is O=C(NC1CCCC1)C(Cc1ccccc1)N(Cc1ccc(Cl)c(Cl)c1)C(=O)CCCN1C(=O)c2ccccc2S1(=O)=O. The van der Waals surface area contributed by atoms with Crippen LogP contribution in [0, 0.1) is 0 Å². The van der Waals surface area contributed by atoms with Gasteiger partial charge in [-0.1, -0.05) is 84.6 Å². The molecule has 11 heteroatoms. The highest BCUT2D eigenvalue weighted by atomic mass is 35.5. The standard InChI is InChI=1S/C32H33Cl2N3O5S/c33-26-17-16-23(19-27(26)34)21-36(28(20-22-9-2-1-3-10-22)31(39)35-24-11-4-5-12-24)30(38)15-8-18-37-32(40)25-13-6-7-14-29(25)43(37,41)42/h1-3,6-7,9-10,13-14,16-17,19,24,28H,4-5,8,11-12,15,18,20-21H2,(H,35,39). The van der Waals surface area contributed by atoms with E-state index in [1.807, 2.05) is 30.3 Å². The first kappa shape index (κ1) is 31.0. The van der Waals surface area contributed by atoms with E-state index in [9.17, 15) is 22.8 Å². The number of fused-ring (bicyclic) bond motifs is 1. The van der Waals surface area contributed by atoms with Gasteiger partial charge in [0.15, 0.2) is 0 Å². The third kappa shape index (κ3) is 7.06. The Bertz CT molecular complexity index is 1610. The zero-order valence-corrected chi connectivity index (χ0v) is 25.9. The first-order chi connectivity index (χ1) is 20.6. The maximum atomic E-state index is 13.9. The minimum absolute atomic E-state index is 0.0286. The lowest BCUT2D eigenvalue weighted by Crippen LogP contribution is -2.52. The quantitative estimate of drug-likeness (QED) is 0.293. The fourth-order valence-corrected chi connectivity index (χ4v) is 7.65. The lowest BCUT2D eigenvalue weighted by molar-refractivity contribution is -0.141. The number of halogens is 2. The molecule has 2 aliphatic rings. The predicted octanol–water partition coefficient (Wildman–Crippen LogP) is 5.62. The second kappa shape index (κ2) is 13.5. The average Bonchev–Trinajstić information content (AvgIpc) is 3.57. The van der Waals surface area contributed by atoms with Gasteiger partial charge >= 0.3 is 0 Å². The first-order valence-corrected chi connectivity index (χ1v) is 16.6. The van der Waals surface area contributed by atoms with Crippen molar-refractivity contribution in [3.05, 3.63) is 99.5 Å². The van der Waals surface area contributed by atoms with Crippen LogP contribution in [0.15, 0.2) is 77.7 Å². The fourth-order valence-electron chi connectivity index (χ4n) is 5.73. The lowest BCUT2D eigenvalue weighted by atomic mass is 10.0. The van der Waals surface area contributed by atoms with Crippen molar-refractivity contribution in [1.29, 1.82) is 0 Å². The summed E-state index contributed by atoms with van der Waals surface area (Å²) in [7, 11) is -3.99. The Kier molecular flexibility index (Phi) is 9.74. The molecule has 3 aromatic carbocycles. The van der Waals surface area contributed by atoms with Gasteiger partial charge in [0.1, 0.15) is 10.9 Å². The summed E-state index contributed by atoms with van der Waals surface area (Å²) in [5.74, 6) is -1.18. The van der Waals surface area contributed by atoms with Crippen LogP contribution in [0.1, 0.15) is 60.0 Å². The maximum Gasteiger partial charge on any atom is 0.269 e. The highest BCUT2D eigenvalue weighted by molar-refractivity contribution is 7.90. The number of hydrogen-bond donors (Lipinski definition) is 1. The van der Waals surface area contributed by atoms with E-state index in [1.54, 1.807) is 30.3 Å². The number of hydrogen-bond acceptors (Lipinski definition) is 5. The molecule has 0 radical (unpaired) electrons. The highest BCUT2D eigenvalue weighted by Crippen LogP contribution is 2.30. The van der Waals surface area contributed by atoms with Crippen molar-refractivity contribution in [3.8, 4) is 0 Å². The van der Waals surface area contributed by atoms with Crippen LogP contribution in [0.2, 0.25) is 10.0 Å². The number of rotatable bonds is 11. The minimum atomic E-state index is -3.99. The second-order valence-corrected chi connectivity index (χ2v) is 13.6. The molecule has 0 saturated heterocycles. The summed E-state index contributed by atoms with van der Waals surface area (Å²) in [5.41, 5.74) is 1.72. The van der Waals surface area contributed by atoms with Gasteiger partial charge in [0.2, 0.25) is 11.8 Å². The number of amides is 3. The third-order valence-electron chi connectivity index (χ3n) is 7.97. The molecule has 1 aliphatic heterocycles. The smallest absolute Gasteiger partial charge is 0.269 e. The van der Waals surface area contributed by atoms with E-state index in [0.29, 0.717) is 22.0 Å². The molecule has 8 nitrogen and oxygen atoms in total. The van der Waals surface area contributed by atoms with Crippen LogP contribution in [0.4, 0.5) is 0 Å². The molecule has 3 amide bonds. The molecule has 1 N–H and O–H groups in total. The first-order valence-electron chi connectivity index (χ1n) is 14.4. The number of benzene rings is 3. The fraction of sp³-hybridized carbons (Fsp3) is 0.344. The van der Waals surface area contributed by atoms with Gasteiger partial charge in [0.25, 0.3) is 15.9 Å². The van der Waals surface area contributed by atoms with E-state index >= 15 is 0 Å². The van der Waals surface area contributed by atoms with Crippen LogP contribution in [0.5, 0.6) is 0 Å². The Morgan fingerprint density at radius 3 is 2.33 bits per heavy atom. The lowest BCUT2D eigenvalue weighted by Gasteiger charge is -2.32. The Morgan fingerprint density at radius 1 is 0.930 bits per heavy atom. The van der Waals surface area contributed by atoms with Crippen LogP contribution < -0.4 is 5.32 Å². The van der Waals surface area contributed by atoms with Crippen molar-refractivity contribution in [2.75, 3.05) is 6.54 Å². The van der Waals surface area contributed by atoms with Crippen LogP contribution >= 0.6 is 23.2 Å². The Hall–Kier alpha value is -3.40. The summed E-state index contributed by atoms with van der Waals surface area (Å²) < 4.78 is 26.8. The number of carbonyl (C=O) groups excluding carboxylic acids is 3. The van der Waals surface area contributed by atoms with E-state index in [0.717, 1.165) is 35.6 Å². The van der Waals surface area contributed by atoms with E-state index in [1.165, 1.54) is 17.0 Å². The van der Waals surface area contributed by atoms with Gasteiger partial charge in [-0.2, -0.15) is 0 Å². The topological polar surface area (TPSA) is 104 Å². The molecule has 3 aromatic rings. The van der Waals surface area contributed by atoms with Gasteiger partial charge in [-0.05, 0) is 54.7 Å². The van der Waals surface area contributed by atoms with Gasteiger partial charge in [-0.25, -0.2) is 12.7 Å². The second-order valence-electron chi connectivity index (χ2n) is 10.9. The number of nitrogens with one attached hydrogen (secondary N) is 1. The van der Waals surface area contributed by atoms with E-state index < -0.39 is 22.0 Å². The molecular weight excluding hydrogens is 609 g/mol. The number of carbonyl (C=O) groups is 3. The molecule has 5 rings (SSSR count). The molecule has 1 unspecified atom stereocenters. The van der Waals surface area contributed by atoms with Crippen molar-refractivity contribution >= 4 is 50.9 Å². The molecule has 0 spiro atoms. The van der Waals surface area contributed by atoms with Crippen LogP contribution in [-0.2, 0) is 32.6 Å². The van der Waals surface area contributed by atoms with Gasteiger partial charge < -0.3 is 10.2 Å². The van der Waals surface area contributed by atoms with Gasteiger partial charge in [-0.15, -0.1) is 0 Å². The summed E-state index contributed by atoms with van der Waals surface area (Å²) in [5, 5.41) is 3.86. The van der Waals surface area contributed by atoms with E-state index in [-0.39, 0.29) is 54.2 Å². The monoisotopic (exact) mass is 641 g/mol. The Balaban J connectivity index is 1.38. The van der Waals surface area contributed by atoms with Gasteiger partial charge in [0, 0.05) is 32.0 Å². The molecule has 1 heterocycles. The molecule has 1 aliphatic carbocycles. The molecule has 43 heavy (non-hydrogen) atoms. The average molecular weight is 643 g/mol. The van der Waals surface area contributed by atoms with Crippen molar-refractivity contribution in [3.63, 3.8) is 0 Å². The maximum absolute atomic E-state index is 13.9. The minimum Gasteiger partial charge on any atom is -0.352 e. The normalized spacial score (nSPS) is 16.6. The van der Waals surface area contributed by atoms with Crippen molar-refractivity contribution < 1.29 is 22.8 Å². The number of nitrogens with zero attached hydrogens (tertiary/aromatic N) is 2. The van der Waals surface area contributed by atoms with Crippen molar-refractivity contribution in [2.24, 2.45) is 0 Å². The summed E-state index contributed by atoms with van der Waals surface area (Å²) in [6, 6.07) is 19.9. The Morgan fingerprint density at radius 2 is 1.63 bits per heavy atom. The highest BCUT2D eigenvalue weighted by Gasteiger charge is 2.40. The summed E-state index contributed by atoms with van der Waals surface area (Å²) >= 11 is 12.4.